The van der Waals surface area contributed by atoms with Crippen molar-refractivity contribution in [1.29, 1.82) is 0 Å². The number of rotatable bonds is 2. The van der Waals surface area contributed by atoms with Gasteiger partial charge in [0.05, 0.1) is 5.02 Å². The average molecular weight is 310 g/mol. The van der Waals surface area contributed by atoms with Gasteiger partial charge >= 0.3 is 0 Å². The number of halogens is 2. The fourth-order valence-electron chi connectivity index (χ4n) is 2.61. The smallest absolute Gasteiger partial charge is 0.0639 e. The molecule has 106 valence electrons. The van der Waals surface area contributed by atoms with Gasteiger partial charge in [0.25, 0.3) is 0 Å². The maximum Gasteiger partial charge on any atom is 0.0639 e. The predicted molar refractivity (Wildman–Crippen MR) is 85.7 cm³/mol. The Labute approximate surface area is 130 Å². The third-order valence-corrected chi connectivity index (χ3v) is 3.83. The molecule has 1 aromatic carbocycles. The molecule has 0 bridgehead atoms. The Morgan fingerprint density at radius 3 is 2.90 bits per heavy atom. The van der Waals surface area contributed by atoms with Crippen LogP contribution in [0.5, 0.6) is 0 Å². The predicted octanol–water partition coefficient (Wildman–Crippen LogP) is 3.05. The van der Waals surface area contributed by atoms with Crippen LogP contribution in [0.3, 0.4) is 0 Å². The Hall–Kier alpha value is -1.29. The summed E-state index contributed by atoms with van der Waals surface area (Å²) >= 11 is 6.19. The van der Waals surface area contributed by atoms with E-state index in [1.807, 2.05) is 6.07 Å². The molecular formula is C15H17Cl2N3. The molecule has 3 rings (SSSR count). The standard InChI is InChI=1S/C15H16ClN3.ClH/c16-14-8-18-6-5-12(14)9-19-10-13(17)7-11-3-1-2-4-15(11)19;/h1-6,8,13H,7,9-10,17H2;1H. The lowest BCUT2D eigenvalue weighted by atomic mass is 9.98. The number of nitrogens with zero attached hydrogens (tertiary/aromatic N) is 2. The topological polar surface area (TPSA) is 42.1 Å². The number of hydrogen-bond acceptors (Lipinski definition) is 3. The monoisotopic (exact) mass is 309 g/mol. The summed E-state index contributed by atoms with van der Waals surface area (Å²) in [5.74, 6) is 0. The van der Waals surface area contributed by atoms with Crippen molar-refractivity contribution in [3.05, 3.63) is 58.9 Å². The van der Waals surface area contributed by atoms with E-state index >= 15 is 0 Å². The molecule has 1 unspecified atom stereocenters. The summed E-state index contributed by atoms with van der Waals surface area (Å²) in [6.45, 7) is 1.63. The van der Waals surface area contributed by atoms with Crippen LogP contribution in [0.1, 0.15) is 11.1 Å². The molecule has 0 aliphatic carbocycles. The van der Waals surface area contributed by atoms with E-state index in [2.05, 4.69) is 34.1 Å². The number of anilines is 1. The molecule has 0 saturated heterocycles. The third-order valence-electron chi connectivity index (χ3n) is 3.49. The first kappa shape index (κ1) is 15.1. The molecule has 0 spiro atoms. The lowest BCUT2D eigenvalue weighted by molar-refractivity contribution is 0.599. The zero-order valence-electron chi connectivity index (χ0n) is 11.0. The summed E-state index contributed by atoms with van der Waals surface area (Å²) < 4.78 is 0. The molecule has 3 nitrogen and oxygen atoms in total. The van der Waals surface area contributed by atoms with E-state index in [1.54, 1.807) is 12.4 Å². The lowest BCUT2D eigenvalue weighted by Gasteiger charge is -2.34. The minimum Gasteiger partial charge on any atom is -0.365 e. The molecule has 0 saturated carbocycles. The number of para-hydroxylation sites is 1. The van der Waals surface area contributed by atoms with Crippen molar-refractivity contribution in [2.45, 2.75) is 19.0 Å². The van der Waals surface area contributed by atoms with Gasteiger partial charge in [-0.25, -0.2) is 0 Å². The number of benzene rings is 1. The second-order valence-corrected chi connectivity index (χ2v) is 5.35. The van der Waals surface area contributed by atoms with Gasteiger partial charge in [-0.15, -0.1) is 12.4 Å². The highest BCUT2D eigenvalue weighted by Crippen LogP contribution is 2.28. The van der Waals surface area contributed by atoms with Gasteiger partial charge in [-0.3, -0.25) is 4.98 Å². The van der Waals surface area contributed by atoms with Crippen LogP contribution in [0.25, 0.3) is 0 Å². The third kappa shape index (κ3) is 3.06. The zero-order chi connectivity index (χ0) is 13.2. The Morgan fingerprint density at radius 2 is 2.10 bits per heavy atom. The molecule has 1 aromatic heterocycles. The van der Waals surface area contributed by atoms with Gasteiger partial charge in [0.2, 0.25) is 0 Å². The fourth-order valence-corrected chi connectivity index (χ4v) is 2.79. The van der Waals surface area contributed by atoms with Crippen LogP contribution in [0, 0.1) is 0 Å². The number of pyridine rings is 1. The molecule has 0 radical (unpaired) electrons. The van der Waals surface area contributed by atoms with E-state index in [4.69, 9.17) is 17.3 Å². The molecule has 0 amide bonds. The zero-order valence-corrected chi connectivity index (χ0v) is 12.6. The van der Waals surface area contributed by atoms with Crippen LogP contribution >= 0.6 is 24.0 Å². The van der Waals surface area contributed by atoms with E-state index in [0.29, 0.717) is 5.02 Å². The largest absolute Gasteiger partial charge is 0.365 e. The van der Waals surface area contributed by atoms with Crippen molar-refractivity contribution in [2.24, 2.45) is 5.73 Å². The van der Waals surface area contributed by atoms with Crippen LogP contribution in [0.2, 0.25) is 5.02 Å². The lowest BCUT2D eigenvalue weighted by Crippen LogP contribution is -2.42. The summed E-state index contributed by atoms with van der Waals surface area (Å²) in [5, 5.41) is 0.708. The highest BCUT2D eigenvalue weighted by atomic mass is 35.5. The van der Waals surface area contributed by atoms with Crippen molar-refractivity contribution < 1.29 is 0 Å². The molecular weight excluding hydrogens is 293 g/mol. The molecule has 5 heteroatoms. The highest BCUT2D eigenvalue weighted by Gasteiger charge is 2.22. The molecule has 1 atom stereocenters. The SMILES string of the molecule is Cl.NC1Cc2ccccc2N(Cc2ccncc2Cl)C1. The van der Waals surface area contributed by atoms with Crippen molar-refractivity contribution >= 4 is 29.7 Å². The van der Waals surface area contributed by atoms with Crippen molar-refractivity contribution in [3.63, 3.8) is 0 Å². The van der Waals surface area contributed by atoms with E-state index in [9.17, 15) is 0 Å². The second-order valence-electron chi connectivity index (χ2n) is 4.94. The van der Waals surface area contributed by atoms with Gasteiger partial charge in [-0.05, 0) is 29.7 Å². The molecule has 2 N–H and O–H groups in total. The van der Waals surface area contributed by atoms with Gasteiger partial charge in [-0.1, -0.05) is 29.8 Å². The van der Waals surface area contributed by atoms with Gasteiger partial charge in [0, 0.05) is 37.2 Å². The number of aromatic nitrogens is 1. The van der Waals surface area contributed by atoms with Crippen LogP contribution < -0.4 is 10.6 Å². The Bertz CT molecular complexity index is 589. The number of hydrogen-bond donors (Lipinski definition) is 1. The average Bonchev–Trinajstić information content (AvgIpc) is 2.41. The van der Waals surface area contributed by atoms with Crippen LogP contribution in [-0.4, -0.2) is 17.6 Å². The normalized spacial score (nSPS) is 17.3. The van der Waals surface area contributed by atoms with E-state index in [0.717, 1.165) is 25.1 Å². The van der Waals surface area contributed by atoms with Gasteiger partial charge < -0.3 is 10.6 Å². The Balaban J connectivity index is 0.00000147. The van der Waals surface area contributed by atoms with Crippen molar-refractivity contribution in [3.8, 4) is 0 Å². The van der Waals surface area contributed by atoms with Gasteiger partial charge in [-0.2, -0.15) is 0 Å². The summed E-state index contributed by atoms with van der Waals surface area (Å²) in [6, 6.07) is 10.6. The Kier molecular flexibility index (Phi) is 4.86. The summed E-state index contributed by atoms with van der Waals surface area (Å²) in [6.07, 6.45) is 4.40. The first-order chi connectivity index (χ1) is 9.24. The van der Waals surface area contributed by atoms with E-state index in [-0.39, 0.29) is 18.4 Å². The molecule has 2 aromatic rings. The molecule has 1 aliphatic rings. The molecule has 2 heterocycles. The quantitative estimate of drug-likeness (QED) is 0.927. The van der Waals surface area contributed by atoms with E-state index in [1.165, 1.54) is 11.3 Å². The first-order valence-corrected chi connectivity index (χ1v) is 6.78. The minimum absolute atomic E-state index is 0. The first-order valence-electron chi connectivity index (χ1n) is 6.41. The summed E-state index contributed by atoms with van der Waals surface area (Å²) in [5.41, 5.74) is 9.80. The van der Waals surface area contributed by atoms with Crippen LogP contribution in [-0.2, 0) is 13.0 Å². The summed E-state index contributed by atoms with van der Waals surface area (Å²) in [4.78, 5) is 6.32. The summed E-state index contributed by atoms with van der Waals surface area (Å²) in [7, 11) is 0. The van der Waals surface area contributed by atoms with E-state index < -0.39 is 0 Å². The fraction of sp³-hybridized carbons (Fsp3) is 0.267. The maximum atomic E-state index is 6.19. The molecule has 0 fully saturated rings. The minimum atomic E-state index is 0. The molecule has 20 heavy (non-hydrogen) atoms. The van der Waals surface area contributed by atoms with Gasteiger partial charge in [0.15, 0.2) is 0 Å². The van der Waals surface area contributed by atoms with Gasteiger partial charge in [0.1, 0.15) is 0 Å². The maximum absolute atomic E-state index is 6.19. The molecule has 1 aliphatic heterocycles. The second kappa shape index (κ2) is 6.44. The van der Waals surface area contributed by atoms with Crippen molar-refractivity contribution in [2.75, 3.05) is 11.4 Å². The Morgan fingerprint density at radius 1 is 1.30 bits per heavy atom. The number of fused-ring (bicyclic) bond motifs is 1. The number of nitrogens with two attached hydrogens (primary N) is 1. The van der Waals surface area contributed by atoms with Crippen LogP contribution in [0.15, 0.2) is 42.7 Å². The van der Waals surface area contributed by atoms with Crippen LogP contribution in [0.4, 0.5) is 5.69 Å². The highest BCUT2D eigenvalue weighted by molar-refractivity contribution is 6.31. The van der Waals surface area contributed by atoms with Crippen molar-refractivity contribution in [1.82, 2.24) is 4.98 Å².